The van der Waals surface area contributed by atoms with Crippen molar-refractivity contribution in [3.8, 4) is 0 Å². The molecular weight excluding hydrogens is 247 g/mol. The van der Waals surface area contributed by atoms with Gasteiger partial charge in [-0.05, 0) is 24.1 Å². The van der Waals surface area contributed by atoms with E-state index in [0.29, 0.717) is 17.7 Å². The van der Waals surface area contributed by atoms with Gasteiger partial charge >= 0.3 is 5.97 Å². The smallest absolute Gasteiger partial charge is 0.305 e. The van der Waals surface area contributed by atoms with E-state index in [1.54, 1.807) is 24.3 Å². The molecule has 1 rings (SSSR count). The van der Waals surface area contributed by atoms with Crippen LogP contribution in [0.25, 0.3) is 0 Å². The quantitative estimate of drug-likeness (QED) is 0.493. The molecule has 0 radical (unpaired) electrons. The molecule has 0 aliphatic heterocycles. The number of benzene rings is 1. The average Bonchev–Trinajstić information content (AvgIpc) is 2.35. The van der Waals surface area contributed by atoms with Crippen molar-refractivity contribution in [1.29, 1.82) is 0 Å². The lowest BCUT2D eigenvalue weighted by Crippen LogP contribution is -2.02. The van der Waals surface area contributed by atoms with Crippen LogP contribution in [0.1, 0.15) is 12.0 Å². The van der Waals surface area contributed by atoms with E-state index in [2.05, 4.69) is 4.74 Å². The molecule has 0 saturated carbocycles. The van der Waals surface area contributed by atoms with Crippen LogP contribution in [-0.4, -0.2) is 22.5 Å². The summed E-state index contributed by atoms with van der Waals surface area (Å²) in [6.45, 7) is 0. The molecule has 0 aromatic heterocycles. The molecule has 0 fully saturated rings. The lowest BCUT2D eigenvalue weighted by atomic mass is 10.1. The summed E-state index contributed by atoms with van der Waals surface area (Å²) in [4.78, 5) is 20.2. The van der Waals surface area contributed by atoms with Gasteiger partial charge in [0.25, 0.3) is 8.01 Å². The summed E-state index contributed by atoms with van der Waals surface area (Å²) in [6.07, 6.45) is 0.932. The van der Waals surface area contributed by atoms with Crippen LogP contribution in [-0.2, 0) is 26.7 Å². The van der Waals surface area contributed by atoms with Gasteiger partial charge in [-0.1, -0.05) is 12.1 Å². The van der Waals surface area contributed by atoms with Crippen molar-refractivity contribution in [2.75, 3.05) is 7.11 Å². The van der Waals surface area contributed by atoms with E-state index in [1.165, 1.54) is 7.11 Å². The molecule has 16 heavy (non-hydrogen) atoms. The van der Waals surface area contributed by atoms with Crippen molar-refractivity contribution in [3.63, 3.8) is 0 Å². The highest BCUT2D eigenvalue weighted by molar-refractivity contribution is 8.41. The van der Waals surface area contributed by atoms with Crippen LogP contribution in [0.5, 0.6) is 0 Å². The number of rotatable bonds is 5. The molecule has 0 spiro atoms. The van der Waals surface area contributed by atoms with E-state index in [-0.39, 0.29) is 5.97 Å². The van der Waals surface area contributed by atoms with E-state index in [1.807, 2.05) is 0 Å². The normalized spacial score (nSPS) is 12.9. The Bertz CT molecular complexity index is 341. The zero-order chi connectivity index (χ0) is 12.0. The SMILES string of the molecule is COC(=O)CCc1ccc([S+]([O-])PO)cc1. The third-order valence-corrected chi connectivity index (χ3v) is 4.14. The highest BCUT2D eigenvalue weighted by Crippen LogP contribution is 2.25. The fraction of sp³-hybridized carbons (Fsp3) is 0.300. The topological polar surface area (TPSA) is 69.6 Å². The largest absolute Gasteiger partial charge is 0.608 e. The first kappa shape index (κ1) is 13.5. The van der Waals surface area contributed by atoms with Gasteiger partial charge in [-0.15, -0.1) is 0 Å². The van der Waals surface area contributed by atoms with E-state index < -0.39 is 18.8 Å². The molecule has 6 heteroatoms. The van der Waals surface area contributed by atoms with E-state index >= 15 is 0 Å². The van der Waals surface area contributed by atoms with Gasteiger partial charge in [0.15, 0.2) is 4.90 Å². The summed E-state index contributed by atoms with van der Waals surface area (Å²) in [6, 6.07) is 7.00. The Morgan fingerprint density at radius 2 is 2.12 bits per heavy atom. The van der Waals surface area contributed by atoms with Gasteiger partial charge in [-0.3, -0.25) is 4.79 Å². The predicted molar refractivity (Wildman–Crippen MR) is 63.7 cm³/mol. The fourth-order valence-corrected chi connectivity index (χ4v) is 2.39. The molecular formula is C10H13O4PS. The van der Waals surface area contributed by atoms with Crippen molar-refractivity contribution in [2.24, 2.45) is 0 Å². The highest BCUT2D eigenvalue weighted by Gasteiger charge is 2.09. The molecule has 1 aromatic carbocycles. The molecule has 0 aliphatic carbocycles. The average molecular weight is 260 g/mol. The van der Waals surface area contributed by atoms with Crippen LogP contribution < -0.4 is 0 Å². The molecule has 1 N–H and O–H groups in total. The third kappa shape index (κ3) is 4.10. The summed E-state index contributed by atoms with van der Waals surface area (Å²) >= 11 is 0. The van der Waals surface area contributed by atoms with E-state index in [0.717, 1.165) is 5.56 Å². The predicted octanol–water partition coefficient (Wildman–Crippen LogP) is 1.40. The summed E-state index contributed by atoms with van der Waals surface area (Å²) in [5.74, 6) is -0.246. The van der Waals surface area contributed by atoms with Crippen molar-refractivity contribution >= 4 is 24.8 Å². The number of hydrogen-bond donors (Lipinski definition) is 1. The molecule has 0 saturated heterocycles. The summed E-state index contributed by atoms with van der Waals surface area (Å²) in [5, 5.41) is 0. The molecule has 0 heterocycles. The zero-order valence-electron chi connectivity index (χ0n) is 8.80. The molecule has 1 aromatic rings. The first-order valence-corrected chi connectivity index (χ1v) is 7.47. The Morgan fingerprint density at radius 1 is 1.50 bits per heavy atom. The number of aryl methyl sites for hydroxylation is 1. The maximum Gasteiger partial charge on any atom is 0.305 e. The minimum atomic E-state index is -1.32. The van der Waals surface area contributed by atoms with Crippen molar-refractivity contribution < 1.29 is 19.0 Å². The molecule has 2 atom stereocenters. The van der Waals surface area contributed by atoms with Gasteiger partial charge in [0.1, 0.15) is 0 Å². The maximum atomic E-state index is 11.2. The van der Waals surface area contributed by atoms with Crippen LogP contribution in [0.15, 0.2) is 29.2 Å². The Morgan fingerprint density at radius 3 is 2.62 bits per heavy atom. The van der Waals surface area contributed by atoms with Crippen LogP contribution in [0.4, 0.5) is 0 Å². The summed E-state index contributed by atoms with van der Waals surface area (Å²) < 4.78 is 15.8. The molecule has 0 aliphatic rings. The van der Waals surface area contributed by atoms with Crippen LogP contribution in [0.3, 0.4) is 0 Å². The number of carbonyl (C=O) groups excluding carboxylic acids is 1. The van der Waals surface area contributed by atoms with Gasteiger partial charge in [-0.2, -0.15) is 0 Å². The molecule has 2 unspecified atom stereocenters. The lowest BCUT2D eigenvalue weighted by Gasteiger charge is -2.06. The van der Waals surface area contributed by atoms with Gasteiger partial charge in [0.2, 0.25) is 0 Å². The van der Waals surface area contributed by atoms with Crippen LogP contribution >= 0.6 is 8.01 Å². The second-order valence-corrected chi connectivity index (χ2v) is 5.93. The fourth-order valence-electron chi connectivity index (χ4n) is 1.18. The number of hydrogen-bond acceptors (Lipinski definition) is 4. The van der Waals surface area contributed by atoms with Gasteiger partial charge in [0, 0.05) is 17.2 Å². The monoisotopic (exact) mass is 260 g/mol. The lowest BCUT2D eigenvalue weighted by molar-refractivity contribution is -0.140. The van der Waals surface area contributed by atoms with Crippen LogP contribution in [0.2, 0.25) is 0 Å². The number of methoxy groups -OCH3 is 1. The van der Waals surface area contributed by atoms with Gasteiger partial charge in [-0.25, -0.2) is 0 Å². The van der Waals surface area contributed by atoms with E-state index in [4.69, 9.17) is 4.89 Å². The Balaban J connectivity index is 2.54. The van der Waals surface area contributed by atoms with Crippen molar-refractivity contribution in [2.45, 2.75) is 17.7 Å². The highest BCUT2D eigenvalue weighted by atomic mass is 32.8. The minimum Gasteiger partial charge on any atom is -0.608 e. The number of ether oxygens (including phenoxy) is 1. The number of esters is 1. The molecule has 0 bridgehead atoms. The molecule has 4 nitrogen and oxygen atoms in total. The van der Waals surface area contributed by atoms with Gasteiger partial charge in [0.05, 0.1) is 7.11 Å². The standard InChI is InChI=1S/C10H13O4PS/c1-14-10(11)7-4-8-2-5-9(6-3-8)16(13)15-12/h2-3,5-6,12,15H,4,7H2,1H3. The van der Waals surface area contributed by atoms with Crippen LogP contribution in [0, 0.1) is 0 Å². The zero-order valence-corrected chi connectivity index (χ0v) is 10.6. The first-order chi connectivity index (χ1) is 7.67. The van der Waals surface area contributed by atoms with Crippen molar-refractivity contribution in [1.82, 2.24) is 0 Å². The summed E-state index contributed by atoms with van der Waals surface area (Å²) in [5.41, 5.74) is 0.979. The Hall–Kier alpha value is -0.610. The Labute approximate surface area is 98.8 Å². The van der Waals surface area contributed by atoms with Gasteiger partial charge < -0.3 is 14.2 Å². The molecule has 0 amide bonds. The third-order valence-electron chi connectivity index (χ3n) is 2.07. The second-order valence-electron chi connectivity index (χ2n) is 3.08. The second kappa shape index (κ2) is 6.86. The first-order valence-electron chi connectivity index (χ1n) is 4.64. The van der Waals surface area contributed by atoms with E-state index in [9.17, 15) is 9.35 Å². The number of carbonyl (C=O) groups is 1. The minimum absolute atomic E-state index is 0.246. The van der Waals surface area contributed by atoms with Crippen molar-refractivity contribution in [3.05, 3.63) is 29.8 Å². The molecule has 88 valence electrons. The maximum absolute atomic E-state index is 11.2. The summed E-state index contributed by atoms with van der Waals surface area (Å²) in [7, 11) is -0.563. The Kier molecular flexibility index (Phi) is 5.77.